The normalized spacial score (nSPS) is 18.7. The summed E-state index contributed by atoms with van der Waals surface area (Å²) in [6, 6.07) is 19.6. The molecule has 1 atom stereocenters. The zero-order chi connectivity index (χ0) is 21.6. The highest BCUT2D eigenvalue weighted by atomic mass is 16.2. The van der Waals surface area contributed by atoms with E-state index in [-0.39, 0.29) is 17.9 Å². The lowest BCUT2D eigenvalue weighted by molar-refractivity contribution is -0.139. The summed E-state index contributed by atoms with van der Waals surface area (Å²) in [6.45, 7) is 3.49. The average Bonchev–Trinajstić information content (AvgIpc) is 3.35. The van der Waals surface area contributed by atoms with Gasteiger partial charge in [-0.1, -0.05) is 61.4 Å². The number of piperazine rings is 1. The lowest BCUT2D eigenvalue weighted by Gasteiger charge is -2.42. The molecule has 0 spiro atoms. The summed E-state index contributed by atoms with van der Waals surface area (Å²) in [5.74, 6) is 0.728. The van der Waals surface area contributed by atoms with E-state index in [1.165, 1.54) is 12.8 Å². The minimum absolute atomic E-state index is 0.0785. The van der Waals surface area contributed by atoms with Crippen LogP contribution in [-0.4, -0.2) is 65.8 Å². The smallest absolute Gasteiger partial charge is 0.253 e. The molecule has 1 unspecified atom stereocenters. The largest absolute Gasteiger partial charge is 0.340 e. The molecule has 4 rings (SSSR count). The van der Waals surface area contributed by atoms with Crippen LogP contribution in [-0.2, 0) is 11.3 Å². The molecular formula is C26H33N3O2. The van der Waals surface area contributed by atoms with Crippen molar-refractivity contribution in [3.8, 4) is 0 Å². The number of hydrogen-bond acceptors (Lipinski definition) is 3. The van der Waals surface area contributed by atoms with Gasteiger partial charge in [0.1, 0.15) is 0 Å². The van der Waals surface area contributed by atoms with Gasteiger partial charge in [0.2, 0.25) is 5.91 Å². The Morgan fingerprint density at radius 2 is 1.48 bits per heavy atom. The van der Waals surface area contributed by atoms with Gasteiger partial charge in [0.05, 0.1) is 6.04 Å². The quantitative estimate of drug-likeness (QED) is 0.718. The molecule has 1 aliphatic heterocycles. The first kappa shape index (κ1) is 21.6. The van der Waals surface area contributed by atoms with E-state index in [1.54, 1.807) is 0 Å². The maximum Gasteiger partial charge on any atom is 0.253 e. The van der Waals surface area contributed by atoms with Gasteiger partial charge in [-0.3, -0.25) is 14.5 Å². The van der Waals surface area contributed by atoms with Crippen molar-refractivity contribution in [1.29, 1.82) is 0 Å². The molecule has 1 saturated carbocycles. The number of carbonyl (C=O) groups excluding carboxylic acids is 2. The standard InChI is InChI=1S/C26H33N3O2/c1-27(20-21-10-4-2-5-11-21)26(31)24(22-12-8-9-13-22)28-16-18-29(19-17-28)25(30)23-14-6-3-7-15-23/h2-7,10-11,14-15,22,24H,8-9,12-13,16-20H2,1H3. The first-order valence-electron chi connectivity index (χ1n) is 11.5. The first-order valence-corrected chi connectivity index (χ1v) is 11.5. The third-order valence-electron chi connectivity index (χ3n) is 6.75. The Hall–Kier alpha value is -2.66. The summed E-state index contributed by atoms with van der Waals surface area (Å²) in [7, 11) is 1.92. The number of hydrogen-bond donors (Lipinski definition) is 0. The molecule has 2 aliphatic rings. The molecule has 2 fully saturated rings. The summed E-state index contributed by atoms with van der Waals surface area (Å²) in [5.41, 5.74) is 1.89. The molecule has 1 saturated heterocycles. The Labute approximate surface area is 185 Å². The lowest BCUT2D eigenvalue weighted by atomic mass is 9.94. The van der Waals surface area contributed by atoms with Crippen LogP contribution >= 0.6 is 0 Å². The van der Waals surface area contributed by atoms with Crippen LogP contribution < -0.4 is 0 Å². The average molecular weight is 420 g/mol. The molecule has 31 heavy (non-hydrogen) atoms. The van der Waals surface area contributed by atoms with Gasteiger partial charge < -0.3 is 9.80 Å². The van der Waals surface area contributed by atoms with E-state index < -0.39 is 0 Å². The zero-order valence-corrected chi connectivity index (χ0v) is 18.5. The number of benzene rings is 2. The highest BCUT2D eigenvalue weighted by Gasteiger charge is 2.38. The summed E-state index contributed by atoms with van der Waals surface area (Å²) in [6.07, 6.45) is 4.67. The van der Waals surface area contributed by atoms with Crippen LogP contribution in [0.2, 0.25) is 0 Å². The molecule has 0 N–H and O–H groups in total. The fraction of sp³-hybridized carbons (Fsp3) is 0.462. The lowest BCUT2D eigenvalue weighted by Crippen LogP contribution is -2.58. The monoisotopic (exact) mass is 419 g/mol. The second kappa shape index (κ2) is 10.1. The molecule has 2 aromatic rings. The molecule has 0 bridgehead atoms. The second-order valence-corrected chi connectivity index (χ2v) is 8.86. The summed E-state index contributed by atoms with van der Waals surface area (Å²) in [4.78, 5) is 32.5. The van der Waals surface area contributed by atoms with Crippen LogP contribution in [0.5, 0.6) is 0 Å². The van der Waals surface area contributed by atoms with Crippen molar-refractivity contribution in [3.63, 3.8) is 0 Å². The molecule has 2 aromatic carbocycles. The fourth-order valence-electron chi connectivity index (χ4n) is 5.06. The van der Waals surface area contributed by atoms with Gasteiger partial charge >= 0.3 is 0 Å². The van der Waals surface area contributed by atoms with Gasteiger partial charge in [-0.25, -0.2) is 0 Å². The van der Waals surface area contributed by atoms with Crippen molar-refractivity contribution in [1.82, 2.24) is 14.7 Å². The van der Waals surface area contributed by atoms with E-state index in [2.05, 4.69) is 17.0 Å². The van der Waals surface area contributed by atoms with Crippen LogP contribution in [0.1, 0.15) is 41.6 Å². The Morgan fingerprint density at radius 3 is 2.10 bits per heavy atom. The Kier molecular flexibility index (Phi) is 7.03. The highest BCUT2D eigenvalue weighted by Crippen LogP contribution is 2.32. The van der Waals surface area contributed by atoms with E-state index in [4.69, 9.17) is 0 Å². The van der Waals surface area contributed by atoms with Crippen molar-refractivity contribution < 1.29 is 9.59 Å². The molecule has 164 valence electrons. The number of nitrogens with zero attached hydrogens (tertiary/aromatic N) is 3. The highest BCUT2D eigenvalue weighted by molar-refractivity contribution is 5.94. The van der Waals surface area contributed by atoms with Gasteiger partial charge in [-0.2, -0.15) is 0 Å². The van der Waals surface area contributed by atoms with E-state index in [9.17, 15) is 9.59 Å². The van der Waals surface area contributed by atoms with Crippen molar-refractivity contribution in [2.24, 2.45) is 5.92 Å². The maximum absolute atomic E-state index is 13.6. The van der Waals surface area contributed by atoms with Crippen molar-refractivity contribution in [2.75, 3.05) is 33.2 Å². The second-order valence-electron chi connectivity index (χ2n) is 8.86. The molecule has 5 heteroatoms. The minimum atomic E-state index is -0.0785. The van der Waals surface area contributed by atoms with Crippen LogP contribution in [0, 0.1) is 5.92 Å². The van der Waals surface area contributed by atoms with Crippen molar-refractivity contribution >= 4 is 11.8 Å². The molecular weight excluding hydrogens is 386 g/mol. The first-order chi connectivity index (χ1) is 15.1. The molecule has 1 heterocycles. The van der Waals surface area contributed by atoms with Crippen LogP contribution in [0.4, 0.5) is 0 Å². The third-order valence-corrected chi connectivity index (χ3v) is 6.75. The SMILES string of the molecule is CN(Cc1ccccc1)C(=O)C(C1CCCC1)N1CCN(C(=O)c2ccccc2)CC1. The summed E-state index contributed by atoms with van der Waals surface area (Å²) in [5, 5.41) is 0. The van der Waals surface area contributed by atoms with Gasteiger partial charge in [0.15, 0.2) is 0 Å². The predicted molar refractivity (Wildman–Crippen MR) is 123 cm³/mol. The summed E-state index contributed by atoms with van der Waals surface area (Å²) < 4.78 is 0. The summed E-state index contributed by atoms with van der Waals surface area (Å²) >= 11 is 0. The molecule has 2 amide bonds. The van der Waals surface area contributed by atoms with E-state index >= 15 is 0 Å². The third kappa shape index (κ3) is 5.16. The topological polar surface area (TPSA) is 43.9 Å². The fourth-order valence-corrected chi connectivity index (χ4v) is 5.06. The van der Waals surface area contributed by atoms with Crippen LogP contribution in [0.3, 0.4) is 0 Å². The van der Waals surface area contributed by atoms with Gasteiger partial charge in [-0.15, -0.1) is 0 Å². The van der Waals surface area contributed by atoms with Crippen molar-refractivity contribution in [2.45, 2.75) is 38.3 Å². The number of rotatable bonds is 6. The van der Waals surface area contributed by atoms with E-state index in [0.29, 0.717) is 25.6 Å². The predicted octanol–water partition coefficient (Wildman–Crippen LogP) is 3.66. The van der Waals surface area contributed by atoms with Gasteiger partial charge in [-0.05, 0) is 36.5 Å². The van der Waals surface area contributed by atoms with Crippen LogP contribution in [0.15, 0.2) is 60.7 Å². The Bertz CT molecular complexity index is 857. The number of amides is 2. The molecule has 0 radical (unpaired) electrons. The molecule has 5 nitrogen and oxygen atoms in total. The van der Waals surface area contributed by atoms with E-state index in [1.807, 2.05) is 65.4 Å². The van der Waals surface area contributed by atoms with E-state index in [0.717, 1.165) is 37.1 Å². The number of likely N-dealkylation sites (N-methyl/N-ethyl adjacent to an activating group) is 1. The minimum Gasteiger partial charge on any atom is -0.340 e. The molecule has 1 aliphatic carbocycles. The number of carbonyl (C=O) groups is 2. The maximum atomic E-state index is 13.6. The Morgan fingerprint density at radius 1 is 0.903 bits per heavy atom. The van der Waals surface area contributed by atoms with Gasteiger partial charge in [0, 0.05) is 45.3 Å². The zero-order valence-electron chi connectivity index (χ0n) is 18.5. The molecule has 0 aromatic heterocycles. The van der Waals surface area contributed by atoms with Gasteiger partial charge in [0.25, 0.3) is 5.91 Å². The Balaban J connectivity index is 1.42. The van der Waals surface area contributed by atoms with Crippen molar-refractivity contribution in [3.05, 3.63) is 71.8 Å². The van der Waals surface area contributed by atoms with Crippen LogP contribution in [0.25, 0.3) is 0 Å².